The molecule has 1 saturated carbocycles. The predicted octanol–water partition coefficient (Wildman–Crippen LogP) is 1.78. The minimum atomic E-state index is -0.136. The largest absolute Gasteiger partial charge is 0.383 e. The van der Waals surface area contributed by atoms with Gasteiger partial charge in [-0.2, -0.15) is 0 Å². The zero-order valence-electron chi connectivity index (χ0n) is 11.6. The number of amides is 1. The number of aryl methyl sites for hydroxylation is 1. The molecule has 1 N–H and O–H groups in total. The molecule has 1 aliphatic rings. The second-order valence-electron chi connectivity index (χ2n) is 5.07. The summed E-state index contributed by atoms with van der Waals surface area (Å²) in [6.45, 7) is 2.77. The second kappa shape index (κ2) is 5.20. The Bertz CT molecular complexity index is 646. The quantitative estimate of drug-likeness (QED) is 0.842. The van der Waals surface area contributed by atoms with Gasteiger partial charge in [0.25, 0.3) is 11.6 Å². The van der Waals surface area contributed by atoms with Crippen molar-refractivity contribution in [3.05, 3.63) is 23.0 Å². The summed E-state index contributed by atoms with van der Waals surface area (Å²) in [7, 11) is 1.60. The van der Waals surface area contributed by atoms with E-state index in [1.807, 2.05) is 13.0 Å². The minimum absolute atomic E-state index is 0.136. The standard InChI is InChI=1S/C14H17N3O3/c1-8-12-10(13(18)15-5-6-19-2)7-11(9-3-4-9)16-14(12)20-17-8/h7,9H,3-6H2,1-2H3,(H,15,18). The Morgan fingerprint density at radius 1 is 1.55 bits per heavy atom. The molecule has 1 amide bonds. The number of carbonyl (C=O) groups excluding carboxylic acids is 1. The highest BCUT2D eigenvalue weighted by atomic mass is 16.5. The third kappa shape index (κ3) is 2.38. The molecule has 106 valence electrons. The molecule has 6 nitrogen and oxygen atoms in total. The lowest BCUT2D eigenvalue weighted by molar-refractivity contribution is 0.0938. The number of ether oxygens (including phenoxy) is 1. The molecule has 0 radical (unpaired) electrons. The molecular formula is C14H17N3O3. The van der Waals surface area contributed by atoms with Crippen LogP contribution in [-0.2, 0) is 4.74 Å². The van der Waals surface area contributed by atoms with Crippen molar-refractivity contribution in [2.45, 2.75) is 25.7 Å². The van der Waals surface area contributed by atoms with Crippen LogP contribution >= 0.6 is 0 Å². The molecule has 2 aromatic rings. The number of carbonyl (C=O) groups is 1. The summed E-state index contributed by atoms with van der Waals surface area (Å²) in [4.78, 5) is 16.8. The van der Waals surface area contributed by atoms with Crippen molar-refractivity contribution in [2.75, 3.05) is 20.3 Å². The summed E-state index contributed by atoms with van der Waals surface area (Å²) in [6, 6.07) is 1.87. The first-order chi connectivity index (χ1) is 9.70. The van der Waals surface area contributed by atoms with E-state index in [9.17, 15) is 4.79 Å². The van der Waals surface area contributed by atoms with Crippen molar-refractivity contribution in [3.8, 4) is 0 Å². The molecule has 3 rings (SSSR count). The normalized spacial score (nSPS) is 14.7. The molecule has 0 spiro atoms. The maximum absolute atomic E-state index is 12.3. The highest BCUT2D eigenvalue weighted by molar-refractivity contribution is 6.06. The van der Waals surface area contributed by atoms with Crippen LogP contribution in [-0.4, -0.2) is 36.3 Å². The molecular weight excluding hydrogens is 258 g/mol. The zero-order valence-corrected chi connectivity index (χ0v) is 11.6. The Balaban J connectivity index is 1.97. The molecule has 0 aromatic carbocycles. The number of methoxy groups -OCH3 is 1. The van der Waals surface area contributed by atoms with Gasteiger partial charge in [0.15, 0.2) is 0 Å². The lowest BCUT2D eigenvalue weighted by Gasteiger charge is -2.07. The van der Waals surface area contributed by atoms with Gasteiger partial charge in [0.05, 0.1) is 23.3 Å². The van der Waals surface area contributed by atoms with Crippen molar-refractivity contribution >= 4 is 17.0 Å². The molecule has 1 fully saturated rings. The fraction of sp³-hybridized carbons (Fsp3) is 0.500. The molecule has 0 unspecified atom stereocenters. The van der Waals surface area contributed by atoms with E-state index in [2.05, 4.69) is 15.5 Å². The van der Waals surface area contributed by atoms with Gasteiger partial charge in [-0.15, -0.1) is 0 Å². The smallest absolute Gasteiger partial charge is 0.259 e. The Hall–Kier alpha value is -1.95. The lowest BCUT2D eigenvalue weighted by Crippen LogP contribution is -2.27. The average Bonchev–Trinajstić information content (AvgIpc) is 3.23. The van der Waals surface area contributed by atoms with Gasteiger partial charge < -0.3 is 14.6 Å². The molecule has 0 aliphatic heterocycles. The number of hydrogen-bond acceptors (Lipinski definition) is 5. The number of rotatable bonds is 5. The van der Waals surface area contributed by atoms with Crippen LogP contribution in [0.4, 0.5) is 0 Å². The van der Waals surface area contributed by atoms with Crippen LogP contribution in [0.5, 0.6) is 0 Å². The van der Waals surface area contributed by atoms with Crippen molar-refractivity contribution in [1.82, 2.24) is 15.5 Å². The van der Waals surface area contributed by atoms with Gasteiger partial charge in [-0.05, 0) is 25.8 Å². The number of aromatic nitrogens is 2. The van der Waals surface area contributed by atoms with Crippen LogP contribution in [0.1, 0.15) is 40.5 Å². The molecule has 0 saturated heterocycles. The molecule has 6 heteroatoms. The average molecular weight is 275 g/mol. The van der Waals surface area contributed by atoms with Crippen LogP contribution in [0, 0.1) is 6.92 Å². The third-order valence-electron chi connectivity index (χ3n) is 3.47. The maximum Gasteiger partial charge on any atom is 0.259 e. The Labute approximate surface area is 116 Å². The van der Waals surface area contributed by atoms with Crippen molar-refractivity contribution in [2.24, 2.45) is 0 Å². The first kappa shape index (κ1) is 13.1. The van der Waals surface area contributed by atoms with Crippen LogP contribution in [0.2, 0.25) is 0 Å². The van der Waals surface area contributed by atoms with Crippen molar-refractivity contribution < 1.29 is 14.1 Å². The van der Waals surface area contributed by atoms with Gasteiger partial charge in [-0.25, -0.2) is 4.98 Å². The van der Waals surface area contributed by atoms with Gasteiger partial charge in [-0.3, -0.25) is 4.79 Å². The van der Waals surface area contributed by atoms with Crippen molar-refractivity contribution in [1.29, 1.82) is 0 Å². The highest BCUT2D eigenvalue weighted by Gasteiger charge is 2.28. The Morgan fingerprint density at radius 2 is 2.35 bits per heavy atom. The van der Waals surface area contributed by atoms with Gasteiger partial charge >= 0.3 is 0 Å². The summed E-state index contributed by atoms with van der Waals surface area (Å²) in [5.41, 5.74) is 2.65. The van der Waals surface area contributed by atoms with Gasteiger partial charge in [0.2, 0.25) is 0 Å². The van der Waals surface area contributed by atoms with Gasteiger partial charge in [-0.1, -0.05) is 5.16 Å². The van der Waals surface area contributed by atoms with Crippen LogP contribution in [0.3, 0.4) is 0 Å². The highest BCUT2D eigenvalue weighted by Crippen LogP contribution is 2.40. The monoisotopic (exact) mass is 275 g/mol. The van der Waals surface area contributed by atoms with E-state index >= 15 is 0 Å². The van der Waals surface area contributed by atoms with Gasteiger partial charge in [0, 0.05) is 25.3 Å². The Kier molecular flexibility index (Phi) is 3.40. The predicted molar refractivity (Wildman–Crippen MR) is 72.7 cm³/mol. The summed E-state index contributed by atoms with van der Waals surface area (Å²) >= 11 is 0. The second-order valence-corrected chi connectivity index (χ2v) is 5.07. The molecule has 0 atom stereocenters. The van der Waals surface area contributed by atoms with E-state index in [0.717, 1.165) is 18.5 Å². The lowest BCUT2D eigenvalue weighted by atomic mass is 10.1. The fourth-order valence-corrected chi connectivity index (χ4v) is 2.24. The summed E-state index contributed by atoms with van der Waals surface area (Å²) < 4.78 is 10.2. The van der Waals surface area contributed by atoms with Crippen LogP contribution in [0.15, 0.2) is 10.6 Å². The van der Waals surface area contributed by atoms with Crippen LogP contribution < -0.4 is 5.32 Å². The van der Waals surface area contributed by atoms with E-state index in [0.29, 0.717) is 41.4 Å². The topological polar surface area (TPSA) is 77.2 Å². The molecule has 1 aliphatic carbocycles. The molecule has 2 heterocycles. The van der Waals surface area contributed by atoms with E-state index in [4.69, 9.17) is 9.26 Å². The third-order valence-corrected chi connectivity index (χ3v) is 3.47. The Morgan fingerprint density at radius 3 is 3.05 bits per heavy atom. The van der Waals surface area contributed by atoms with E-state index in [1.54, 1.807) is 7.11 Å². The fourth-order valence-electron chi connectivity index (χ4n) is 2.24. The van der Waals surface area contributed by atoms with Gasteiger partial charge in [0.1, 0.15) is 0 Å². The number of pyridine rings is 1. The maximum atomic E-state index is 12.3. The minimum Gasteiger partial charge on any atom is -0.383 e. The number of fused-ring (bicyclic) bond motifs is 1. The van der Waals surface area contributed by atoms with E-state index in [-0.39, 0.29) is 5.91 Å². The number of nitrogens with one attached hydrogen (secondary N) is 1. The molecule has 20 heavy (non-hydrogen) atoms. The SMILES string of the molecule is COCCNC(=O)c1cc(C2CC2)nc2onc(C)c12. The number of nitrogens with zero attached hydrogens (tertiary/aromatic N) is 2. The molecule has 2 aromatic heterocycles. The summed E-state index contributed by atoms with van der Waals surface area (Å²) in [5.74, 6) is 0.318. The molecule has 0 bridgehead atoms. The zero-order chi connectivity index (χ0) is 14.1. The van der Waals surface area contributed by atoms with Crippen LogP contribution in [0.25, 0.3) is 11.1 Å². The summed E-state index contributed by atoms with van der Waals surface area (Å²) in [6.07, 6.45) is 2.24. The first-order valence-electron chi connectivity index (χ1n) is 6.74. The summed E-state index contributed by atoms with van der Waals surface area (Å²) in [5, 5.41) is 7.45. The van der Waals surface area contributed by atoms with E-state index < -0.39 is 0 Å². The first-order valence-corrected chi connectivity index (χ1v) is 6.74. The van der Waals surface area contributed by atoms with E-state index in [1.165, 1.54) is 0 Å². The van der Waals surface area contributed by atoms with Crippen molar-refractivity contribution in [3.63, 3.8) is 0 Å². The number of hydrogen-bond donors (Lipinski definition) is 1.